The highest BCUT2D eigenvalue weighted by molar-refractivity contribution is 7.99. The number of nitrogens with zero attached hydrogens (tertiary/aromatic N) is 2. The largest absolute Gasteiger partial charge is 0.360 e. The van der Waals surface area contributed by atoms with Crippen molar-refractivity contribution in [2.75, 3.05) is 5.75 Å². The van der Waals surface area contributed by atoms with Crippen molar-refractivity contribution in [3.8, 4) is 0 Å². The summed E-state index contributed by atoms with van der Waals surface area (Å²) in [6.07, 6.45) is 8.02. The van der Waals surface area contributed by atoms with Crippen molar-refractivity contribution >= 4 is 28.4 Å². The Hall–Kier alpha value is -2.08. The topological polar surface area (TPSA) is 74.4 Å². The first-order valence-electron chi connectivity index (χ1n) is 8.43. The minimum Gasteiger partial charge on any atom is -0.360 e. The zero-order valence-electron chi connectivity index (χ0n) is 13.4. The lowest BCUT2D eigenvalue weighted by molar-refractivity contribution is 0.102. The van der Waals surface area contributed by atoms with E-state index in [1.54, 1.807) is 6.20 Å². The molecule has 5 nitrogen and oxygen atoms in total. The Morgan fingerprint density at radius 1 is 1.25 bits per heavy atom. The molecule has 0 unspecified atom stereocenters. The highest BCUT2D eigenvalue weighted by Crippen LogP contribution is 2.27. The van der Waals surface area contributed by atoms with Gasteiger partial charge in [0.05, 0.1) is 5.75 Å². The van der Waals surface area contributed by atoms with Crippen molar-refractivity contribution in [3.05, 3.63) is 41.9 Å². The number of benzene rings is 1. The Balaban J connectivity index is 1.38. The SMILES string of the molecule is O=C(CSc1n[nH]c(CC2CCCC2)n1)c1c[nH]c2ccccc12. The smallest absolute Gasteiger partial charge is 0.208 e. The molecule has 0 saturated heterocycles. The number of Topliss-reactive ketones (excluding diaryl/α,β-unsaturated/α-hetero) is 1. The Morgan fingerprint density at radius 2 is 2.08 bits per heavy atom. The number of hydrogen-bond donors (Lipinski definition) is 2. The van der Waals surface area contributed by atoms with E-state index in [1.807, 2.05) is 24.3 Å². The number of rotatable bonds is 6. The van der Waals surface area contributed by atoms with Gasteiger partial charge in [-0.2, -0.15) is 0 Å². The van der Waals surface area contributed by atoms with Crippen molar-refractivity contribution in [1.29, 1.82) is 0 Å². The monoisotopic (exact) mass is 340 g/mol. The van der Waals surface area contributed by atoms with Crippen molar-refractivity contribution < 1.29 is 4.79 Å². The van der Waals surface area contributed by atoms with Crippen LogP contribution in [-0.4, -0.2) is 31.7 Å². The lowest BCUT2D eigenvalue weighted by atomic mass is 10.0. The number of para-hydroxylation sites is 1. The third-order valence-electron chi connectivity index (χ3n) is 4.69. The molecule has 1 aromatic carbocycles. The Kier molecular flexibility index (Phi) is 4.38. The van der Waals surface area contributed by atoms with Crippen LogP contribution in [-0.2, 0) is 6.42 Å². The van der Waals surface area contributed by atoms with E-state index in [2.05, 4.69) is 20.2 Å². The summed E-state index contributed by atoms with van der Waals surface area (Å²) in [5, 5.41) is 8.90. The van der Waals surface area contributed by atoms with E-state index in [4.69, 9.17) is 0 Å². The van der Waals surface area contributed by atoms with Gasteiger partial charge in [0.25, 0.3) is 0 Å². The van der Waals surface area contributed by atoms with Crippen molar-refractivity contribution in [2.24, 2.45) is 5.92 Å². The molecule has 0 aliphatic heterocycles. The van der Waals surface area contributed by atoms with Gasteiger partial charge in [-0.05, 0) is 12.0 Å². The zero-order valence-corrected chi connectivity index (χ0v) is 14.2. The minimum atomic E-state index is 0.0968. The standard InChI is InChI=1S/C18H20N4OS/c23-16(14-10-19-15-8-4-3-7-13(14)15)11-24-18-20-17(21-22-18)9-12-5-1-2-6-12/h3-4,7-8,10,12,19H,1-2,5-6,9,11H2,(H,20,21,22). The lowest BCUT2D eigenvalue weighted by Crippen LogP contribution is -2.02. The molecular formula is C18H20N4OS. The first-order valence-corrected chi connectivity index (χ1v) is 9.41. The lowest BCUT2D eigenvalue weighted by Gasteiger charge is -2.04. The number of aromatic nitrogens is 4. The average Bonchev–Trinajstić information content (AvgIpc) is 3.34. The molecule has 0 amide bonds. The number of nitrogens with one attached hydrogen (secondary N) is 2. The van der Waals surface area contributed by atoms with Crippen LogP contribution in [0.5, 0.6) is 0 Å². The van der Waals surface area contributed by atoms with Crippen LogP contribution < -0.4 is 0 Å². The van der Waals surface area contributed by atoms with Crippen LogP contribution in [0.3, 0.4) is 0 Å². The molecule has 1 fully saturated rings. The summed E-state index contributed by atoms with van der Waals surface area (Å²) >= 11 is 1.40. The summed E-state index contributed by atoms with van der Waals surface area (Å²) in [6, 6.07) is 7.85. The predicted octanol–water partition coefficient (Wildman–Crippen LogP) is 3.99. The van der Waals surface area contributed by atoms with Crippen molar-refractivity contribution in [3.63, 3.8) is 0 Å². The summed E-state index contributed by atoms with van der Waals surface area (Å²) in [6.45, 7) is 0. The van der Waals surface area contributed by atoms with E-state index in [9.17, 15) is 4.79 Å². The highest BCUT2D eigenvalue weighted by Gasteiger charge is 2.18. The molecule has 0 bridgehead atoms. The van der Waals surface area contributed by atoms with Crippen molar-refractivity contribution in [2.45, 2.75) is 37.3 Å². The van der Waals surface area contributed by atoms with Crippen LogP contribution in [0.4, 0.5) is 0 Å². The van der Waals surface area contributed by atoms with E-state index in [0.29, 0.717) is 10.9 Å². The van der Waals surface area contributed by atoms with Gasteiger partial charge in [0.15, 0.2) is 5.78 Å². The maximum atomic E-state index is 12.5. The van der Waals surface area contributed by atoms with Crippen LogP contribution in [0.2, 0.25) is 0 Å². The number of ketones is 1. The van der Waals surface area contributed by atoms with E-state index in [1.165, 1.54) is 37.4 Å². The van der Waals surface area contributed by atoms with Gasteiger partial charge in [-0.25, -0.2) is 4.98 Å². The number of hydrogen-bond acceptors (Lipinski definition) is 4. The van der Waals surface area contributed by atoms with E-state index < -0.39 is 0 Å². The highest BCUT2D eigenvalue weighted by atomic mass is 32.2. The molecule has 1 aliphatic rings. The maximum Gasteiger partial charge on any atom is 0.208 e. The third kappa shape index (κ3) is 3.24. The molecule has 2 aromatic heterocycles. The molecule has 0 spiro atoms. The van der Waals surface area contributed by atoms with Crippen LogP contribution in [0.1, 0.15) is 41.9 Å². The van der Waals surface area contributed by atoms with Gasteiger partial charge in [-0.1, -0.05) is 55.6 Å². The molecule has 0 radical (unpaired) electrons. The van der Waals surface area contributed by atoms with Gasteiger partial charge in [-0.3, -0.25) is 9.89 Å². The number of fused-ring (bicyclic) bond motifs is 1. The van der Waals surface area contributed by atoms with Crippen LogP contribution >= 0.6 is 11.8 Å². The molecule has 4 rings (SSSR count). The molecule has 1 saturated carbocycles. The van der Waals surface area contributed by atoms with E-state index in [0.717, 1.165) is 34.6 Å². The summed E-state index contributed by atoms with van der Waals surface area (Å²) in [7, 11) is 0. The number of carbonyl (C=O) groups excluding carboxylic acids is 1. The molecule has 0 atom stereocenters. The second kappa shape index (κ2) is 6.81. The summed E-state index contributed by atoms with van der Waals surface area (Å²) in [4.78, 5) is 20.1. The van der Waals surface area contributed by atoms with Crippen LogP contribution in [0, 0.1) is 5.92 Å². The number of thioether (sulfide) groups is 1. The second-order valence-electron chi connectivity index (χ2n) is 6.38. The van der Waals surface area contributed by atoms with Gasteiger partial charge in [0, 0.05) is 29.1 Å². The predicted molar refractivity (Wildman–Crippen MR) is 95.4 cm³/mol. The van der Waals surface area contributed by atoms with Gasteiger partial charge < -0.3 is 4.98 Å². The second-order valence-corrected chi connectivity index (χ2v) is 7.32. The summed E-state index contributed by atoms with van der Waals surface area (Å²) in [5.74, 6) is 2.13. The first-order chi connectivity index (χ1) is 11.8. The zero-order chi connectivity index (χ0) is 16.4. The number of carbonyl (C=O) groups is 1. The third-order valence-corrected chi connectivity index (χ3v) is 5.54. The molecule has 2 N–H and O–H groups in total. The first kappa shape index (κ1) is 15.4. The molecule has 1 aliphatic carbocycles. The summed E-state index contributed by atoms with van der Waals surface area (Å²) in [5.41, 5.74) is 1.72. The van der Waals surface area contributed by atoms with Gasteiger partial charge in [-0.15, -0.1) is 5.10 Å². The molecule has 6 heteroatoms. The molecule has 2 heterocycles. The molecule has 24 heavy (non-hydrogen) atoms. The van der Waals surface area contributed by atoms with Crippen LogP contribution in [0.25, 0.3) is 10.9 Å². The van der Waals surface area contributed by atoms with Crippen molar-refractivity contribution in [1.82, 2.24) is 20.2 Å². The quantitative estimate of drug-likeness (QED) is 0.525. The minimum absolute atomic E-state index is 0.0968. The Bertz CT molecular complexity index is 847. The number of aromatic amines is 2. The summed E-state index contributed by atoms with van der Waals surface area (Å²) < 4.78 is 0. The average molecular weight is 340 g/mol. The Labute approximate surface area is 144 Å². The van der Waals surface area contributed by atoms with E-state index in [-0.39, 0.29) is 5.78 Å². The fraction of sp³-hybridized carbons (Fsp3) is 0.389. The van der Waals surface area contributed by atoms with Gasteiger partial charge >= 0.3 is 0 Å². The Morgan fingerprint density at radius 3 is 2.96 bits per heavy atom. The van der Waals surface area contributed by atoms with E-state index >= 15 is 0 Å². The fourth-order valence-electron chi connectivity index (χ4n) is 3.43. The molecule has 3 aromatic rings. The van der Waals surface area contributed by atoms with Gasteiger partial charge in [0.1, 0.15) is 5.82 Å². The maximum absolute atomic E-state index is 12.5. The van der Waals surface area contributed by atoms with Gasteiger partial charge in [0.2, 0.25) is 5.16 Å². The normalized spacial score (nSPS) is 15.3. The molecule has 124 valence electrons. The fourth-order valence-corrected chi connectivity index (χ4v) is 4.13. The molecular weight excluding hydrogens is 320 g/mol. The van der Waals surface area contributed by atoms with Crippen LogP contribution in [0.15, 0.2) is 35.6 Å². The number of H-pyrrole nitrogens is 2.